The van der Waals surface area contributed by atoms with Crippen LogP contribution < -0.4 is 5.32 Å². The first kappa shape index (κ1) is 17.3. The lowest BCUT2D eigenvalue weighted by Crippen LogP contribution is -2.45. The Morgan fingerprint density at radius 3 is 2.64 bits per heavy atom. The molecule has 1 aromatic rings. The second-order valence-corrected chi connectivity index (χ2v) is 7.12. The smallest absolute Gasteiger partial charge is 0.225 e. The van der Waals surface area contributed by atoms with Crippen LogP contribution in [0.4, 0.5) is 0 Å². The number of nitrogens with one attached hydrogen (secondary N) is 1. The van der Waals surface area contributed by atoms with E-state index in [0.717, 1.165) is 36.9 Å². The van der Waals surface area contributed by atoms with E-state index in [4.69, 9.17) is 16.3 Å². The third kappa shape index (κ3) is 4.70. The molecule has 0 radical (unpaired) electrons. The zero-order valence-corrected chi connectivity index (χ0v) is 14.3. The zero-order valence-electron chi connectivity index (χ0n) is 13.6. The van der Waals surface area contributed by atoms with Crippen LogP contribution in [-0.2, 0) is 9.53 Å². The van der Waals surface area contributed by atoms with Crippen molar-refractivity contribution in [2.45, 2.75) is 26.8 Å². The van der Waals surface area contributed by atoms with Crippen molar-refractivity contribution in [2.24, 2.45) is 5.41 Å². The number of hydrogen-bond donors (Lipinski definition) is 1. The summed E-state index contributed by atoms with van der Waals surface area (Å²) in [5.74, 6) is 0.0628. The molecule has 1 aliphatic heterocycles. The highest BCUT2D eigenvalue weighted by molar-refractivity contribution is 6.30. The molecule has 122 valence electrons. The van der Waals surface area contributed by atoms with Gasteiger partial charge in [0, 0.05) is 30.1 Å². The van der Waals surface area contributed by atoms with Crippen LogP contribution in [0.3, 0.4) is 0 Å². The van der Waals surface area contributed by atoms with Crippen molar-refractivity contribution in [1.29, 1.82) is 0 Å². The minimum absolute atomic E-state index is 0.0628. The number of nitrogens with zero attached hydrogens (tertiary/aromatic N) is 1. The summed E-state index contributed by atoms with van der Waals surface area (Å²) in [6.07, 6.45) is 0. The Bertz CT molecular complexity index is 508. The van der Waals surface area contributed by atoms with Gasteiger partial charge in [0.2, 0.25) is 5.91 Å². The van der Waals surface area contributed by atoms with E-state index in [1.165, 1.54) is 0 Å². The molecular weight excluding hydrogens is 300 g/mol. The fourth-order valence-corrected chi connectivity index (χ4v) is 2.71. The molecule has 1 N–H and O–H groups in total. The van der Waals surface area contributed by atoms with Gasteiger partial charge in [0.1, 0.15) is 0 Å². The van der Waals surface area contributed by atoms with E-state index >= 15 is 0 Å². The van der Waals surface area contributed by atoms with Gasteiger partial charge in [-0.2, -0.15) is 0 Å². The third-order valence-corrected chi connectivity index (χ3v) is 4.09. The van der Waals surface area contributed by atoms with Gasteiger partial charge >= 0.3 is 0 Å². The number of carbonyl (C=O) groups excluding carboxylic acids is 1. The Morgan fingerprint density at radius 2 is 2.05 bits per heavy atom. The molecule has 0 bridgehead atoms. The summed E-state index contributed by atoms with van der Waals surface area (Å²) in [7, 11) is 0. The Balaban J connectivity index is 2.13. The highest BCUT2D eigenvalue weighted by Gasteiger charge is 2.26. The second-order valence-electron chi connectivity index (χ2n) is 6.68. The minimum Gasteiger partial charge on any atom is -0.379 e. The summed E-state index contributed by atoms with van der Waals surface area (Å²) >= 11 is 6.13. The van der Waals surface area contributed by atoms with Gasteiger partial charge in [0.15, 0.2) is 0 Å². The molecule has 1 fully saturated rings. The molecular formula is C17H25ClN2O2. The van der Waals surface area contributed by atoms with Crippen LogP contribution >= 0.6 is 11.6 Å². The Kier molecular flexibility index (Phi) is 5.84. The highest BCUT2D eigenvalue weighted by atomic mass is 35.5. The second kappa shape index (κ2) is 7.44. The maximum Gasteiger partial charge on any atom is 0.225 e. The van der Waals surface area contributed by atoms with E-state index in [2.05, 4.69) is 16.3 Å². The molecule has 22 heavy (non-hydrogen) atoms. The first-order valence-electron chi connectivity index (χ1n) is 7.73. The number of hydrogen-bond acceptors (Lipinski definition) is 3. The Morgan fingerprint density at radius 1 is 1.36 bits per heavy atom. The van der Waals surface area contributed by atoms with Crippen LogP contribution in [0.5, 0.6) is 0 Å². The normalized spacial score (nSPS) is 18.0. The molecule has 1 amide bonds. The van der Waals surface area contributed by atoms with Crippen LogP contribution in [0.25, 0.3) is 0 Å². The molecule has 1 aromatic carbocycles. The fourth-order valence-electron chi connectivity index (χ4n) is 2.52. The number of amides is 1. The molecule has 0 spiro atoms. The largest absolute Gasteiger partial charge is 0.379 e. The summed E-state index contributed by atoms with van der Waals surface area (Å²) in [5, 5.41) is 3.79. The van der Waals surface area contributed by atoms with Gasteiger partial charge in [-0.15, -0.1) is 0 Å². The quantitative estimate of drug-likeness (QED) is 0.926. The molecule has 1 atom stereocenters. The fraction of sp³-hybridized carbons (Fsp3) is 0.588. The van der Waals surface area contributed by atoms with Crippen LogP contribution in [0.15, 0.2) is 24.3 Å². The van der Waals surface area contributed by atoms with Crippen LogP contribution in [0.1, 0.15) is 32.4 Å². The lowest BCUT2D eigenvalue weighted by molar-refractivity contribution is -0.128. The monoisotopic (exact) mass is 324 g/mol. The number of morpholine rings is 1. The van der Waals surface area contributed by atoms with Crippen molar-refractivity contribution >= 4 is 17.5 Å². The maximum atomic E-state index is 12.2. The molecule has 0 saturated carbocycles. The van der Waals surface area contributed by atoms with Gasteiger partial charge in [0.05, 0.1) is 19.3 Å². The van der Waals surface area contributed by atoms with Crippen molar-refractivity contribution in [3.05, 3.63) is 34.9 Å². The SMILES string of the molecule is CC(C)(C)C(=O)NCC(c1cccc(Cl)c1)N1CCOCC1. The Hall–Kier alpha value is -1.10. The standard InChI is InChI=1S/C17H25ClN2O2/c1-17(2,3)16(21)19-12-15(20-7-9-22-10-8-20)13-5-4-6-14(18)11-13/h4-6,11,15H,7-10,12H2,1-3H3,(H,19,21). The highest BCUT2D eigenvalue weighted by Crippen LogP contribution is 2.24. The van der Waals surface area contributed by atoms with E-state index in [1.54, 1.807) is 0 Å². The summed E-state index contributed by atoms with van der Waals surface area (Å²) < 4.78 is 5.43. The van der Waals surface area contributed by atoms with Crippen molar-refractivity contribution < 1.29 is 9.53 Å². The molecule has 4 nitrogen and oxygen atoms in total. The number of halogens is 1. The number of rotatable bonds is 4. The number of benzene rings is 1. The van der Waals surface area contributed by atoms with Crippen molar-refractivity contribution in [1.82, 2.24) is 10.2 Å². The maximum absolute atomic E-state index is 12.2. The lowest BCUT2D eigenvalue weighted by atomic mass is 9.95. The predicted molar refractivity (Wildman–Crippen MR) is 89.0 cm³/mol. The van der Waals surface area contributed by atoms with Gasteiger partial charge in [-0.1, -0.05) is 44.5 Å². The van der Waals surface area contributed by atoms with E-state index < -0.39 is 0 Å². The predicted octanol–water partition coefficient (Wildman–Crippen LogP) is 2.88. The lowest BCUT2D eigenvalue weighted by Gasteiger charge is -2.35. The van der Waals surface area contributed by atoms with Crippen LogP contribution in [0, 0.1) is 5.41 Å². The molecule has 1 heterocycles. The van der Waals surface area contributed by atoms with Gasteiger partial charge < -0.3 is 10.1 Å². The molecule has 1 unspecified atom stereocenters. The zero-order chi connectivity index (χ0) is 16.2. The summed E-state index contributed by atoms with van der Waals surface area (Å²) in [6.45, 7) is 9.53. The van der Waals surface area contributed by atoms with E-state index in [1.807, 2.05) is 39.0 Å². The minimum atomic E-state index is -0.385. The first-order chi connectivity index (χ1) is 10.4. The average molecular weight is 325 g/mol. The van der Waals surface area contributed by atoms with Crippen molar-refractivity contribution in [3.63, 3.8) is 0 Å². The number of ether oxygens (including phenoxy) is 1. The van der Waals surface area contributed by atoms with Crippen molar-refractivity contribution in [3.8, 4) is 0 Å². The molecule has 1 aliphatic rings. The van der Waals surface area contributed by atoms with E-state index in [9.17, 15) is 4.79 Å². The molecule has 0 aliphatic carbocycles. The molecule has 2 rings (SSSR count). The molecule has 5 heteroatoms. The van der Waals surface area contributed by atoms with Gasteiger partial charge in [-0.3, -0.25) is 9.69 Å². The van der Waals surface area contributed by atoms with Crippen LogP contribution in [-0.4, -0.2) is 43.7 Å². The molecule has 0 aromatic heterocycles. The average Bonchev–Trinajstić information content (AvgIpc) is 2.47. The van der Waals surface area contributed by atoms with Gasteiger partial charge in [0.25, 0.3) is 0 Å². The topological polar surface area (TPSA) is 41.6 Å². The van der Waals surface area contributed by atoms with Gasteiger partial charge in [-0.05, 0) is 17.7 Å². The first-order valence-corrected chi connectivity index (χ1v) is 8.11. The summed E-state index contributed by atoms with van der Waals surface area (Å²) in [6, 6.07) is 7.99. The van der Waals surface area contributed by atoms with Gasteiger partial charge in [-0.25, -0.2) is 0 Å². The summed E-state index contributed by atoms with van der Waals surface area (Å²) in [5.41, 5.74) is 0.743. The van der Waals surface area contributed by atoms with Crippen molar-refractivity contribution in [2.75, 3.05) is 32.8 Å². The summed E-state index contributed by atoms with van der Waals surface area (Å²) in [4.78, 5) is 14.5. The Labute approximate surface area is 137 Å². The van der Waals surface area contributed by atoms with E-state index in [0.29, 0.717) is 6.54 Å². The van der Waals surface area contributed by atoms with E-state index in [-0.39, 0.29) is 17.4 Å². The number of carbonyl (C=O) groups is 1. The third-order valence-electron chi connectivity index (χ3n) is 3.86. The molecule has 1 saturated heterocycles. The van der Waals surface area contributed by atoms with Crippen LogP contribution in [0.2, 0.25) is 5.02 Å².